The van der Waals surface area contributed by atoms with Gasteiger partial charge in [-0.1, -0.05) is 6.07 Å². The molecule has 0 unspecified atom stereocenters. The summed E-state index contributed by atoms with van der Waals surface area (Å²) in [5, 5.41) is 8.86. The molecule has 1 aromatic rings. The number of piperidine rings is 1. The number of benzene rings is 1. The average Bonchev–Trinajstić information content (AvgIpc) is 3.05. The van der Waals surface area contributed by atoms with E-state index in [1.54, 1.807) is 23.7 Å². The molecule has 4 rings (SSSR count). The third kappa shape index (κ3) is 5.89. The Hall–Kier alpha value is -2.81. The third-order valence-corrected chi connectivity index (χ3v) is 7.59. The fourth-order valence-corrected chi connectivity index (χ4v) is 5.49. The summed E-state index contributed by atoms with van der Waals surface area (Å²) in [6.07, 6.45) is 5.43. The largest absolute Gasteiger partial charge is 0.491 e. The number of rotatable bonds is 2. The minimum atomic E-state index is -0.596. The van der Waals surface area contributed by atoms with Gasteiger partial charge < -0.3 is 19.3 Å². The Kier molecular flexibility index (Phi) is 7.26. The molecule has 0 aromatic heterocycles. The fraction of sp³-hybridized carbons (Fsp3) is 0.654. The van der Waals surface area contributed by atoms with E-state index >= 15 is 0 Å². The zero-order valence-electron chi connectivity index (χ0n) is 21.0. The molecular formula is C26H37N3O6. The van der Waals surface area contributed by atoms with Crippen LogP contribution in [0.5, 0.6) is 5.75 Å². The minimum absolute atomic E-state index is 0.00509. The van der Waals surface area contributed by atoms with Crippen LogP contribution < -0.4 is 10.2 Å². The van der Waals surface area contributed by atoms with Crippen molar-refractivity contribution in [1.82, 2.24) is 15.3 Å². The van der Waals surface area contributed by atoms with Crippen molar-refractivity contribution in [3.63, 3.8) is 0 Å². The van der Waals surface area contributed by atoms with Crippen molar-refractivity contribution in [2.75, 3.05) is 26.2 Å². The highest BCUT2D eigenvalue weighted by molar-refractivity contribution is 5.93. The summed E-state index contributed by atoms with van der Waals surface area (Å²) >= 11 is 0. The smallest absolute Gasteiger partial charge is 0.410 e. The van der Waals surface area contributed by atoms with Crippen LogP contribution in [0.2, 0.25) is 0 Å². The molecule has 1 aromatic carbocycles. The molecule has 0 bridgehead atoms. The minimum Gasteiger partial charge on any atom is -0.491 e. The van der Waals surface area contributed by atoms with Crippen molar-refractivity contribution in [1.29, 1.82) is 0 Å². The quantitative estimate of drug-likeness (QED) is 0.486. The first kappa shape index (κ1) is 25.3. The molecule has 192 valence electrons. The summed E-state index contributed by atoms with van der Waals surface area (Å²) < 4.78 is 11.3. The molecular weight excluding hydrogens is 450 g/mol. The number of amides is 3. The van der Waals surface area contributed by atoms with E-state index in [-0.39, 0.29) is 23.3 Å². The van der Waals surface area contributed by atoms with Crippen molar-refractivity contribution in [3.05, 3.63) is 29.3 Å². The van der Waals surface area contributed by atoms with Gasteiger partial charge in [0, 0.05) is 36.7 Å². The van der Waals surface area contributed by atoms with Gasteiger partial charge >= 0.3 is 6.09 Å². The second kappa shape index (κ2) is 10.0. The van der Waals surface area contributed by atoms with E-state index in [0.717, 1.165) is 44.1 Å². The zero-order chi connectivity index (χ0) is 25.2. The first-order valence-electron chi connectivity index (χ1n) is 12.6. The molecule has 2 heterocycles. The lowest BCUT2D eigenvalue weighted by atomic mass is 9.65. The van der Waals surface area contributed by atoms with Gasteiger partial charge in [-0.3, -0.25) is 14.8 Å². The first-order valence-corrected chi connectivity index (χ1v) is 12.6. The van der Waals surface area contributed by atoms with Gasteiger partial charge in [0.1, 0.15) is 18.0 Å². The molecule has 9 heteroatoms. The molecule has 3 amide bonds. The summed E-state index contributed by atoms with van der Waals surface area (Å²) in [4.78, 5) is 41.2. The standard InChI is InChI=1S/C26H37N3O6/c1-25(2,3)35-24(32)28-12-10-26(11-13-28)8-6-18(7-9-26)23(31)29-14-15-34-21-16-19(22(30)27-33)4-5-20(21)17-29/h4-5,16,18,33H,6-15,17H2,1-3H3,(H,27,30). The van der Waals surface area contributed by atoms with Crippen LogP contribution >= 0.6 is 0 Å². The number of hydrogen-bond donors (Lipinski definition) is 2. The highest BCUT2D eigenvalue weighted by Crippen LogP contribution is 2.47. The summed E-state index contributed by atoms with van der Waals surface area (Å²) in [7, 11) is 0. The number of likely N-dealkylation sites (tertiary alicyclic amines) is 1. The highest BCUT2D eigenvalue weighted by Gasteiger charge is 2.42. The van der Waals surface area contributed by atoms with Gasteiger partial charge in [0.15, 0.2) is 0 Å². The fourth-order valence-electron chi connectivity index (χ4n) is 5.49. The molecule has 1 saturated carbocycles. The van der Waals surface area contributed by atoms with Crippen LogP contribution in [0.1, 0.15) is 75.2 Å². The van der Waals surface area contributed by atoms with Crippen molar-refractivity contribution >= 4 is 17.9 Å². The SMILES string of the molecule is CC(C)(C)OC(=O)N1CCC2(CCC(C(=O)N3CCOc4cc(C(=O)NO)ccc4C3)CC2)CC1. The van der Waals surface area contributed by atoms with Gasteiger partial charge in [-0.2, -0.15) is 0 Å². The number of carbonyl (C=O) groups is 3. The van der Waals surface area contributed by atoms with E-state index in [1.807, 2.05) is 30.6 Å². The Balaban J connectivity index is 1.31. The van der Waals surface area contributed by atoms with Gasteiger partial charge in [-0.25, -0.2) is 10.3 Å². The maximum atomic E-state index is 13.4. The Morgan fingerprint density at radius 3 is 2.37 bits per heavy atom. The first-order chi connectivity index (χ1) is 16.6. The molecule has 1 saturated heterocycles. The van der Waals surface area contributed by atoms with Crippen LogP contribution in [-0.4, -0.2) is 64.8 Å². The van der Waals surface area contributed by atoms with E-state index in [9.17, 15) is 14.4 Å². The highest BCUT2D eigenvalue weighted by atomic mass is 16.6. The molecule has 1 aliphatic carbocycles. The monoisotopic (exact) mass is 487 g/mol. The molecule has 2 fully saturated rings. The molecule has 1 spiro atoms. The predicted octanol–water partition coefficient (Wildman–Crippen LogP) is 3.73. The molecule has 0 radical (unpaired) electrons. The van der Waals surface area contributed by atoms with Crippen LogP contribution in [0.15, 0.2) is 18.2 Å². The van der Waals surface area contributed by atoms with E-state index in [0.29, 0.717) is 44.1 Å². The second-order valence-electron chi connectivity index (χ2n) is 11.1. The van der Waals surface area contributed by atoms with Gasteiger partial charge in [0.05, 0.1) is 6.54 Å². The van der Waals surface area contributed by atoms with Crippen LogP contribution in [-0.2, 0) is 16.1 Å². The zero-order valence-corrected chi connectivity index (χ0v) is 21.0. The van der Waals surface area contributed by atoms with E-state index in [2.05, 4.69) is 0 Å². The van der Waals surface area contributed by atoms with Crippen molar-refractivity contribution in [2.24, 2.45) is 11.3 Å². The van der Waals surface area contributed by atoms with Crippen molar-refractivity contribution in [2.45, 2.75) is 71.4 Å². The lowest BCUT2D eigenvalue weighted by molar-refractivity contribution is -0.138. The van der Waals surface area contributed by atoms with Gasteiger partial charge in [0.25, 0.3) is 5.91 Å². The second-order valence-corrected chi connectivity index (χ2v) is 11.1. The normalized spacial score (nSPS) is 20.5. The maximum Gasteiger partial charge on any atom is 0.410 e. The van der Waals surface area contributed by atoms with E-state index in [4.69, 9.17) is 14.7 Å². The number of hydrogen-bond acceptors (Lipinski definition) is 6. The maximum absolute atomic E-state index is 13.4. The van der Waals surface area contributed by atoms with Crippen LogP contribution in [0.25, 0.3) is 0 Å². The third-order valence-electron chi connectivity index (χ3n) is 7.59. The lowest BCUT2D eigenvalue weighted by Gasteiger charge is -2.46. The molecule has 9 nitrogen and oxygen atoms in total. The lowest BCUT2D eigenvalue weighted by Crippen LogP contribution is -2.47. The van der Waals surface area contributed by atoms with Gasteiger partial charge in [-0.05, 0) is 76.8 Å². The molecule has 2 N–H and O–H groups in total. The Labute approximate surface area is 206 Å². The summed E-state index contributed by atoms with van der Waals surface area (Å²) in [5.74, 6) is 0.146. The number of hydroxylamine groups is 1. The topological polar surface area (TPSA) is 108 Å². The average molecular weight is 488 g/mol. The van der Waals surface area contributed by atoms with Crippen molar-refractivity contribution < 1.29 is 29.1 Å². The molecule has 3 aliphatic rings. The van der Waals surface area contributed by atoms with Gasteiger partial charge in [0.2, 0.25) is 5.91 Å². The van der Waals surface area contributed by atoms with Crippen molar-refractivity contribution in [3.8, 4) is 5.75 Å². The van der Waals surface area contributed by atoms with Crippen LogP contribution in [0.4, 0.5) is 4.79 Å². The Bertz CT molecular complexity index is 954. The number of carbonyl (C=O) groups excluding carboxylic acids is 3. The number of nitrogens with one attached hydrogen (secondary N) is 1. The summed E-state index contributed by atoms with van der Waals surface area (Å²) in [6.45, 7) is 8.39. The van der Waals surface area contributed by atoms with Crippen LogP contribution in [0.3, 0.4) is 0 Å². The number of ether oxygens (including phenoxy) is 2. The Morgan fingerprint density at radius 1 is 1.06 bits per heavy atom. The summed E-state index contributed by atoms with van der Waals surface area (Å²) in [5.41, 5.74) is 2.52. The predicted molar refractivity (Wildman–Crippen MR) is 128 cm³/mol. The summed E-state index contributed by atoms with van der Waals surface area (Å²) in [6, 6.07) is 5.00. The van der Waals surface area contributed by atoms with Gasteiger partial charge in [-0.15, -0.1) is 0 Å². The Morgan fingerprint density at radius 2 is 1.74 bits per heavy atom. The molecule has 0 atom stereocenters. The van der Waals surface area contributed by atoms with E-state index < -0.39 is 11.5 Å². The molecule has 2 aliphatic heterocycles. The number of fused-ring (bicyclic) bond motifs is 1. The molecule has 35 heavy (non-hydrogen) atoms. The van der Waals surface area contributed by atoms with Crippen LogP contribution in [0, 0.1) is 11.3 Å². The number of nitrogens with zero attached hydrogens (tertiary/aromatic N) is 2. The van der Waals surface area contributed by atoms with E-state index in [1.165, 1.54) is 0 Å².